The minimum absolute atomic E-state index is 0.0266. The molecule has 0 aromatic carbocycles. The lowest BCUT2D eigenvalue weighted by Crippen LogP contribution is -2.40. The van der Waals surface area contributed by atoms with Crippen LogP contribution in [-0.2, 0) is 9.53 Å². The molecule has 10 nitrogen and oxygen atoms in total. The third-order valence-electron chi connectivity index (χ3n) is 6.86. The summed E-state index contributed by atoms with van der Waals surface area (Å²) in [6.07, 6.45) is 6.47. The summed E-state index contributed by atoms with van der Waals surface area (Å²) >= 11 is 1.48. The Bertz CT molecular complexity index is 1220. The molecule has 0 atom stereocenters. The minimum atomic E-state index is -0.156. The van der Waals surface area contributed by atoms with Gasteiger partial charge in [0.05, 0.1) is 16.8 Å². The first kappa shape index (κ1) is 24.4. The third kappa shape index (κ3) is 5.73. The number of thiazole rings is 1. The molecule has 4 heterocycles. The summed E-state index contributed by atoms with van der Waals surface area (Å²) in [5.41, 5.74) is 3.87. The van der Waals surface area contributed by atoms with E-state index in [0.29, 0.717) is 30.4 Å². The van der Waals surface area contributed by atoms with Gasteiger partial charge in [-0.3, -0.25) is 9.59 Å². The van der Waals surface area contributed by atoms with Crippen molar-refractivity contribution in [3.8, 4) is 0 Å². The van der Waals surface area contributed by atoms with Gasteiger partial charge < -0.3 is 26.0 Å². The first-order valence-corrected chi connectivity index (χ1v) is 13.3. The van der Waals surface area contributed by atoms with Gasteiger partial charge in [0.1, 0.15) is 22.0 Å². The predicted octanol–water partition coefficient (Wildman–Crippen LogP) is 3.46. The normalized spacial score (nSPS) is 20.6. The Morgan fingerprint density at radius 1 is 1.00 bits per heavy atom. The van der Waals surface area contributed by atoms with E-state index in [9.17, 15) is 9.59 Å². The summed E-state index contributed by atoms with van der Waals surface area (Å²) in [7, 11) is 1.67. The zero-order chi connectivity index (χ0) is 24.9. The molecule has 0 spiro atoms. The van der Waals surface area contributed by atoms with Crippen LogP contribution in [0, 0.1) is 5.92 Å². The second-order valence-electron chi connectivity index (χ2n) is 9.28. The van der Waals surface area contributed by atoms with Gasteiger partial charge in [0.2, 0.25) is 5.91 Å². The van der Waals surface area contributed by atoms with E-state index >= 15 is 0 Å². The van der Waals surface area contributed by atoms with Crippen molar-refractivity contribution in [3.05, 3.63) is 35.5 Å². The topological polar surface area (TPSA) is 130 Å². The van der Waals surface area contributed by atoms with E-state index in [1.165, 1.54) is 11.3 Å². The molecule has 2 amide bonds. The number of ether oxygens (including phenoxy) is 1. The highest BCUT2D eigenvalue weighted by molar-refractivity contribution is 7.16. The van der Waals surface area contributed by atoms with Crippen molar-refractivity contribution in [2.45, 2.75) is 50.6 Å². The van der Waals surface area contributed by atoms with Crippen LogP contribution in [0.15, 0.2) is 29.9 Å². The number of hydrogen-bond acceptors (Lipinski definition) is 9. The fraction of sp³-hybridized carbons (Fsp3) is 0.480. The number of nitrogens with zero attached hydrogens (tertiary/aromatic N) is 3. The lowest BCUT2D eigenvalue weighted by molar-refractivity contribution is -0.125. The van der Waals surface area contributed by atoms with Crippen molar-refractivity contribution < 1.29 is 14.3 Å². The molecule has 1 aliphatic carbocycles. The van der Waals surface area contributed by atoms with Crippen LogP contribution in [0.2, 0.25) is 0 Å². The molecule has 2 fully saturated rings. The van der Waals surface area contributed by atoms with Crippen LogP contribution in [0.4, 0.5) is 17.3 Å². The van der Waals surface area contributed by atoms with Crippen molar-refractivity contribution >= 4 is 50.8 Å². The number of carbonyl (C=O) groups excluding carboxylic acids is 2. The molecule has 36 heavy (non-hydrogen) atoms. The summed E-state index contributed by atoms with van der Waals surface area (Å²) in [6.45, 7) is 1.39. The van der Waals surface area contributed by atoms with Gasteiger partial charge in [-0.1, -0.05) is 0 Å². The number of amides is 2. The average molecular weight is 510 g/mol. The number of nitrogens with one attached hydrogen (secondary N) is 4. The average Bonchev–Trinajstić information content (AvgIpc) is 3.37. The summed E-state index contributed by atoms with van der Waals surface area (Å²) in [5, 5.41) is 12.7. The number of pyridine rings is 2. The fourth-order valence-electron chi connectivity index (χ4n) is 4.81. The van der Waals surface area contributed by atoms with E-state index in [0.717, 1.165) is 54.6 Å². The smallest absolute Gasteiger partial charge is 0.255 e. The Labute approximate surface area is 213 Å². The number of anilines is 3. The number of carbonyl (C=O) groups is 2. The van der Waals surface area contributed by atoms with E-state index in [1.807, 2.05) is 18.2 Å². The van der Waals surface area contributed by atoms with Crippen molar-refractivity contribution in [2.24, 2.45) is 5.92 Å². The molecule has 4 N–H and O–H groups in total. The molecular formula is C25H31N7O3S. The van der Waals surface area contributed by atoms with Crippen LogP contribution < -0.4 is 21.3 Å². The number of fused-ring (bicyclic) bond motifs is 1. The van der Waals surface area contributed by atoms with Gasteiger partial charge in [0.15, 0.2) is 0 Å². The predicted molar refractivity (Wildman–Crippen MR) is 140 cm³/mol. The van der Waals surface area contributed by atoms with Crippen LogP contribution in [-0.4, -0.2) is 59.1 Å². The van der Waals surface area contributed by atoms with Gasteiger partial charge in [-0.15, -0.1) is 11.3 Å². The van der Waals surface area contributed by atoms with Crippen LogP contribution in [0.1, 0.15) is 48.9 Å². The molecule has 0 bridgehead atoms. The maximum atomic E-state index is 13.3. The van der Waals surface area contributed by atoms with E-state index in [-0.39, 0.29) is 29.8 Å². The second kappa shape index (κ2) is 11.2. The molecule has 2 aliphatic rings. The monoisotopic (exact) mass is 509 g/mol. The first-order chi connectivity index (χ1) is 17.6. The van der Waals surface area contributed by atoms with Crippen LogP contribution >= 0.6 is 11.3 Å². The van der Waals surface area contributed by atoms with Crippen LogP contribution in [0.3, 0.4) is 0 Å². The SMILES string of the molecule is CNC(=O)C1CCC(NC(=O)c2cnc(Nc3ccc4ncsc4n3)cc2NC2CCOCC2)CC1. The van der Waals surface area contributed by atoms with Crippen molar-refractivity contribution in [2.75, 3.05) is 30.9 Å². The summed E-state index contributed by atoms with van der Waals surface area (Å²) in [4.78, 5) is 39.5. The highest BCUT2D eigenvalue weighted by Gasteiger charge is 2.27. The first-order valence-electron chi connectivity index (χ1n) is 12.4. The number of rotatable bonds is 7. The van der Waals surface area contributed by atoms with Gasteiger partial charge in [-0.25, -0.2) is 15.0 Å². The number of hydrogen-bond donors (Lipinski definition) is 4. The largest absolute Gasteiger partial charge is 0.381 e. The maximum absolute atomic E-state index is 13.3. The molecule has 0 unspecified atom stereocenters. The second-order valence-corrected chi connectivity index (χ2v) is 10.1. The standard InChI is InChI=1S/C25H31N7O3S/c1-26-23(33)15-2-4-16(5-3-15)30-24(34)18-13-27-22(12-20(18)29-17-8-10-35-11-9-17)31-21-7-6-19-25(32-21)36-14-28-19/h6-7,12-17H,2-5,8-11H2,1H3,(H,26,33)(H,30,34)(H2,27,29,31,32). The third-order valence-corrected chi connectivity index (χ3v) is 7.60. The van der Waals surface area contributed by atoms with Gasteiger partial charge in [0.25, 0.3) is 5.91 Å². The van der Waals surface area contributed by atoms with Gasteiger partial charge in [-0.2, -0.15) is 0 Å². The van der Waals surface area contributed by atoms with Crippen LogP contribution in [0.25, 0.3) is 10.3 Å². The Hall–Kier alpha value is -3.31. The molecule has 3 aromatic heterocycles. The molecule has 1 saturated heterocycles. The zero-order valence-corrected chi connectivity index (χ0v) is 21.1. The highest BCUT2D eigenvalue weighted by Crippen LogP contribution is 2.27. The fourth-order valence-corrected chi connectivity index (χ4v) is 5.46. The summed E-state index contributed by atoms with van der Waals surface area (Å²) < 4.78 is 5.50. The van der Waals surface area contributed by atoms with E-state index in [1.54, 1.807) is 18.8 Å². The quantitative estimate of drug-likeness (QED) is 0.381. The Morgan fingerprint density at radius 2 is 1.81 bits per heavy atom. The van der Waals surface area contributed by atoms with E-state index < -0.39 is 0 Å². The van der Waals surface area contributed by atoms with E-state index in [4.69, 9.17) is 4.74 Å². The molecule has 11 heteroatoms. The molecule has 3 aromatic rings. The number of aromatic nitrogens is 3. The molecular weight excluding hydrogens is 478 g/mol. The lowest BCUT2D eigenvalue weighted by Gasteiger charge is -2.29. The zero-order valence-electron chi connectivity index (χ0n) is 20.3. The maximum Gasteiger partial charge on any atom is 0.255 e. The molecule has 1 saturated carbocycles. The summed E-state index contributed by atoms with van der Waals surface area (Å²) in [6, 6.07) is 5.91. The van der Waals surface area contributed by atoms with Gasteiger partial charge >= 0.3 is 0 Å². The molecule has 5 rings (SSSR count). The molecule has 1 aliphatic heterocycles. The minimum Gasteiger partial charge on any atom is -0.381 e. The van der Waals surface area contributed by atoms with E-state index in [2.05, 4.69) is 36.2 Å². The van der Waals surface area contributed by atoms with Crippen LogP contribution in [0.5, 0.6) is 0 Å². The Morgan fingerprint density at radius 3 is 2.58 bits per heavy atom. The Balaban J connectivity index is 1.31. The van der Waals surface area contributed by atoms with Crippen molar-refractivity contribution in [1.82, 2.24) is 25.6 Å². The summed E-state index contributed by atoms with van der Waals surface area (Å²) in [5.74, 6) is 1.22. The van der Waals surface area contributed by atoms with Gasteiger partial charge in [0, 0.05) is 50.5 Å². The van der Waals surface area contributed by atoms with Gasteiger partial charge in [-0.05, 0) is 50.7 Å². The van der Waals surface area contributed by atoms with Crippen molar-refractivity contribution in [1.29, 1.82) is 0 Å². The van der Waals surface area contributed by atoms with Crippen molar-refractivity contribution in [3.63, 3.8) is 0 Å². The lowest BCUT2D eigenvalue weighted by atomic mass is 9.85. The highest BCUT2D eigenvalue weighted by atomic mass is 32.1. The molecule has 190 valence electrons. The molecule has 0 radical (unpaired) electrons. The Kier molecular flexibility index (Phi) is 7.57.